The number of esters is 1. The van der Waals surface area contributed by atoms with Crippen LogP contribution in [0.1, 0.15) is 35.3 Å². The minimum atomic E-state index is -0.902. The Morgan fingerprint density at radius 3 is 2.21 bits per heavy atom. The highest BCUT2D eigenvalue weighted by atomic mass is 16.5. The van der Waals surface area contributed by atoms with Crippen molar-refractivity contribution < 1.29 is 14.3 Å². The van der Waals surface area contributed by atoms with E-state index in [0.29, 0.717) is 5.56 Å². The second-order valence-electron chi connectivity index (χ2n) is 6.94. The van der Waals surface area contributed by atoms with Gasteiger partial charge in [-0.3, -0.25) is 4.79 Å². The maximum Gasteiger partial charge on any atom is 0.338 e. The fourth-order valence-corrected chi connectivity index (χ4v) is 3.14. The SMILES string of the molecule is CCc1cccc(C)c1NC(=O)[C@H](C)OC(=O)c1ccc(-c2ccccc2)cc1. The minimum absolute atomic E-state index is 0.344. The molecule has 1 atom stereocenters. The maximum absolute atomic E-state index is 12.6. The van der Waals surface area contributed by atoms with Crippen LogP contribution in [0.5, 0.6) is 0 Å². The molecule has 3 aromatic carbocycles. The number of anilines is 1. The van der Waals surface area contributed by atoms with Gasteiger partial charge < -0.3 is 10.1 Å². The maximum atomic E-state index is 12.6. The van der Waals surface area contributed by atoms with Crippen molar-refractivity contribution in [3.8, 4) is 11.1 Å². The van der Waals surface area contributed by atoms with Crippen LogP contribution in [0.25, 0.3) is 11.1 Å². The molecule has 0 bridgehead atoms. The molecule has 0 aromatic heterocycles. The lowest BCUT2D eigenvalue weighted by Crippen LogP contribution is -2.30. The summed E-state index contributed by atoms with van der Waals surface area (Å²) in [4.78, 5) is 25.0. The minimum Gasteiger partial charge on any atom is -0.449 e. The number of carbonyl (C=O) groups excluding carboxylic acids is 2. The van der Waals surface area contributed by atoms with Gasteiger partial charge in [0.15, 0.2) is 6.10 Å². The number of aryl methyl sites for hydroxylation is 2. The monoisotopic (exact) mass is 387 g/mol. The van der Waals surface area contributed by atoms with Gasteiger partial charge in [0.1, 0.15) is 0 Å². The molecule has 3 rings (SSSR count). The fourth-order valence-electron chi connectivity index (χ4n) is 3.14. The third kappa shape index (κ3) is 4.91. The lowest BCUT2D eigenvalue weighted by molar-refractivity contribution is -0.123. The molecule has 0 radical (unpaired) electrons. The van der Waals surface area contributed by atoms with E-state index in [2.05, 4.69) is 5.32 Å². The summed E-state index contributed by atoms with van der Waals surface area (Å²) >= 11 is 0. The van der Waals surface area contributed by atoms with Gasteiger partial charge in [-0.2, -0.15) is 0 Å². The van der Waals surface area contributed by atoms with E-state index in [1.54, 1.807) is 19.1 Å². The van der Waals surface area contributed by atoms with E-state index in [1.165, 1.54) is 0 Å². The van der Waals surface area contributed by atoms with Crippen LogP contribution in [-0.2, 0) is 16.0 Å². The number of benzene rings is 3. The van der Waals surface area contributed by atoms with Crippen LogP contribution in [0.3, 0.4) is 0 Å². The topological polar surface area (TPSA) is 55.4 Å². The zero-order valence-electron chi connectivity index (χ0n) is 16.9. The highest BCUT2D eigenvalue weighted by Crippen LogP contribution is 2.22. The Bertz CT molecular complexity index is 994. The number of nitrogens with one attached hydrogen (secondary N) is 1. The van der Waals surface area contributed by atoms with Crippen LogP contribution in [-0.4, -0.2) is 18.0 Å². The van der Waals surface area contributed by atoms with Gasteiger partial charge in [-0.05, 0) is 54.7 Å². The zero-order chi connectivity index (χ0) is 20.8. The van der Waals surface area contributed by atoms with E-state index >= 15 is 0 Å². The first kappa shape index (κ1) is 20.3. The molecule has 0 aliphatic heterocycles. The van der Waals surface area contributed by atoms with Crippen molar-refractivity contribution in [1.29, 1.82) is 0 Å². The van der Waals surface area contributed by atoms with Crippen molar-refractivity contribution in [2.75, 3.05) is 5.32 Å². The third-order valence-corrected chi connectivity index (χ3v) is 4.87. The van der Waals surface area contributed by atoms with Gasteiger partial charge >= 0.3 is 5.97 Å². The molecule has 3 aromatic rings. The molecule has 0 aliphatic carbocycles. The number of para-hydroxylation sites is 1. The first-order valence-electron chi connectivity index (χ1n) is 9.75. The average Bonchev–Trinajstić information content (AvgIpc) is 2.75. The molecule has 1 amide bonds. The molecule has 0 spiro atoms. The summed E-state index contributed by atoms with van der Waals surface area (Å²) in [5.41, 5.74) is 5.32. The van der Waals surface area contributed by atoms with Crippen molar-refractivity contribution in [3.05, 3.63) is 89.5 Å². The fraction of sp³-hybridized carbons (Fsp3) is 0.200. The van der Waals surface area contributed by atoms with Crippen LogP contribution in [0, 0.1) is 6.92 Å². The molecular weight excluding hydrogens is 362 g/mol. The summed E-state index contributed by atoms with van der Waals surface area (Å²) in [5.74, 6) is -0.865. The predicted molar refractivity (Wildman–Crippen MR) is 116 cm³/mol. The number of carbonyl (C=O) groups is 2. The molecule has 148 valence electrons. The number of amides is 1. The summed E-state index contributed by atoms with van der Waals surface area (Å²) < 4.78 is 5.38. The highest BCUT2D eigenvalue weighted by Gasteiger charge is 2.20. The Morgan fingerprint density at radius 1 is 0.897 bits per heavy atom. The first-order valence-corrected chi connectivity index (χ1v) is 9.75. The number of ether oxygens (including phenoxy) is 1. The van der Waals surface area contributed by atoms with Crippen LogP contribution < -0.4 is 5.32 Å². The highest BCUT2D eigenvalue weighted by molar-refractivity contribution is 5.98. The molecule has 4 nitrogen and oxygen atoms in total. The molecule has 0 heterocycles. The molecule has 0 saturated carbocycles. The van der Waals surface area contributed by atoms with Gasteiger partial charge in [0.25, 0.3) is 5.91 Å². The molecule has 0 aliphatic rings. The van der Waals surface area contributed by atoms with Gasteiger partial charge in [-0.1, -0.05) is 67.6 Å². The van der Waals surface area contributed by atoms with E-state index in [9.17, 15) is 9.59 Å². The van der Waals surface area contributed by atoms with Gasteiger partial charge in [0.05, 0.1) is 5.56 Å². The van der Waals surface area contributed by atoms with Gasteiger partial charge in [0, 0.05) is 5.69 Å². The Labute approximate surface area is 171 Å². The van der Waals surface area contributed by atoms with Crippen LogP contribution in [0.15, 0.2) is 72.8 Å². The molecule has 0 fully saturated rings. The predicted octanol–water partition coefficient (Wildman–Crippen LogP) is 5.41. The van der Waals surface area contributed by atoms with Crippen molar-refractivity contribution in [1.82, 2.24) is 0 Å². The average molecular weight is 387 g/mol. The summed E-state index contributed by atoms with van der Waals surface area (Å²) in [6.07, 6.45) is -0.0974. The summed E-state index contributed by atoms with van der Waals surface area (Å²) in [5, 5.41) is 2.90. The number of rotatable bonds is 6. The van der Waals surface area contributed by atoms with E-state index < -0.39 is 12.1 Å². The van der Waals surface area contributed by atoms with Crippen LogP contribution in [0.2, 0.25) is 0 Å². The Hall–Kier alpha value is -3.40. The van der Waals surface area contributed by atoms with Crippen molar-refractivity contribution >= 4 is 17.6 Å². The summed E-state index contributed by atoms with van der Waals surface area (Å²) in [7, 11) is 0. The van der Waals surface area contributed by atoms with Crippen LogP contribution in [0.4, 0.5) is 5.69 Å². The number of hydrogen-bond acceptors (Lipinski definition) is 3. The smallest absolute Gasteiger partial charge is 0.338 e. The Morgan fingerprint density at radius 2 is 1.55 bits per heavy atom. The normalized spacial score (nSPS) is 11.6. The Balaban J connectivity index is 1.65. The van der Waals surface area contributed by atoms with Crippen molar-refractivity contribution in [2.24, 2.45) is 0 Å². The quantitative estimate of drug-likeness (QED) is 0.576. The molecular formula is C25H25NO3. The van der Waals surface area contributed by atoms with Crippen molar-refractivity contribution in [2.45, 2.75) is 33.3 Å². The van der Waals surface area contributed by atoms with E-state index in [0.717, 1.165) is 34.4 Å². The molecule has 4 heteroatoms. The second kappa shape index (κ2) is 9.20. The van der Waals surface area contributed by atoms with Crippen LogP contribution >= 0.6 is 0 Å². The van der Waals surface area contributed by atoms with E-state index in [-0.39, 0.29) is 5.91 Å². The standard InChI is InChI=1S/C25H25NO3/c1-4-19-12-8-9-17(2)23(19)26-24(27)18(3)29-25(28)22-15-13-21(14-16-22)20-10-6-5-7-11-20/h5-16,18H,4H2,1-3H3,(H,26,27)/t18-/m0/s1. The summed E-state index contributed by atoms with van der Waals surface area (Å²) in [6.45, 7) is 5.56. The Kier molecular flexibility index (Phi) is 6.45. The molecule has 29 heavy (non-hydrogen) atoms. The number of hydrogen-bond donors (Lipinski definition) is 1. The molecule has 0 unspecified atom stereocenters. The van der Waals surface area contributed by atoms with E-state index in [1.807, 2.05) is 74.5 Å². The van der Waals surface area contributed by atoms with Gasteiger partial charge in [0.2, 0.25) is 0 Å². The molecule has 0 saturated heterocycles. The van der Waals surface area contributed by atoms with Crippen molar-refractivity contribution in [3.63, 3.8) is 0 Å². The third-order valence-electron chi connectivity index (χ3n) is 4.87. The van der Waals surface area contributed by atoms with Gasteiger partial charge in [-0.25, -0.2) is 4.79 Å². The first-order chi connectivity index (χ1) is 14.0. The van der Waals surface area contributed by atoms with Gasteiger partial charge in [-0.15, -0.1) is 0 Å². The lowest BCUT2D eigenvalue weighted by atomic mass is 10.0. The summed E-state index contributed by atoms with van der Waals surface area (Å²) in [6, 6.07) is 23.0. The lowest BCUT2D eigenvalue weighted by Gasteiger charge is -2.17. The van der Waals surface area contributed by atoms with E-state index in [4.69, 9.17) is 4.74 Å². The second-order valence-corrected chi connectivity index (χ2v) is 6.94. The largest absolute Gasteiger partial charge is 0.449 e. The zero-order valence-corrected chi connectivity index (χ0v) is 16.9. The molecule has 1 N–H and O–H groups in total.